The summed E-state index contributed by atoms with van der Waals surface area (Å²) in [6, 6.07) is 0. The number of hydrogen-bond donors (Lipinski definition) is 0. The number of fused-ring (bicyclic) bond motifs is 1. The van der Waals surface area contributed by atoms with Gasteiger partial charge in [-0.25, -0.2) is 0 Å². The molecule has 1 heterocycles. The van der Waals surface area contributed by atoms with Gasteiger partial charge in [-0.3, -0.25) is 4.79 Å². The van der Waals surface area contributed by atoms with Crippen LogP contribution in [0.2, 0.25) is 0 Å². The molecule has 0 N–H and O–H groups in total. The molecule has 0 unspecified atom stereocenters. The molecule has 0 amide bonds. The van der Waals surface area contributed by atoms with E-state index in [4.69, 9.17) is 9.47 Å². The average molecular weight is 693 g/mol. The van der Waals surface area contributed by atoms with Gasteiger partial charge in [0, 0.05) is 12.0 Å². The molecule has 0 radical (unpaired) electrons. The van der Waals surface area contributed by atoms with Crippen LogP contribution in [-0.2, 0) is 11.2 Å². The molecule has 0 aliphatic carbocycles. The van der Waals surface area contributed by atoms with Crippen molar-refractivity contribution >= 4 is 5.97 Å². The quantitative estimate of drug-likeness (QED) is 0.0398. The Kier molecular flexibility index (Phi) is 22.1. The van der Waals surface area contributed by atoms with Crippen LogP contribution in [0.4, 0.5) is 0 Å². The SMILES string of the molecule is CCCCCC=CCC=CCCCCCCCC(=O)Oc1c(C)c(C)c2c(c1C)CC[C@@](C)(CCC[C@H](C)CCC[C@H](C)CCCC(C)C)O2. The van der Waals surface area contributed by atoms with Gasteiger partial charge in [-0.1, -0.05) is 136 Å². The van der Waals surface area contributed by atoms with Crippen molar-refractivity contribution in [2.75, 3.05) is 0 Å². The molecule has 1 aromatic rings. The monoisotopic (exact) mass is 693 g/mol. The van der Waals surface area contributed by atoms with Crippen molar-refractivity contribution in [2.45, 2.75) is 216 Å². The molecule has 3 nitrogen and oxygen atoms in total. The first kappa shape index (κ1) is 44.1. The summed E-state index contributed by atoms with van der Waals surface area (Å²) in [6.45, 7) is 20.5. The summed E-state index contributed by atoms with van der Waals surface area (Å²) in [7, 11) is 0. The molecule has 0 saturated heterocycles. The van der Waals surface area contributed by atoms with Gasteiger partial charge in [0.2, 0.25) is 0 Å². The summed E-state index contributed by atoms with van der Waals surface area (Å²) < 4.78 is 12.9. The summed E-state index contributed by atoms with van der Waals surface area (Å²) in [5, 5.41) is 0. The van der Waals surface area contributed by atoms with E-state index in [0.717, 1.165) is 90.9 Å². The van der Waals surface area contributed by atoms with Crippen molar-refractivity contribution in [3.8, 4) is 11.5 Å². The number of benzene rings is 1. The van der Waals surface area contributed by atoms with E-state index in [2.05, 4.69) is 86.6 Å². The van der Waals surface area contributed by atoms with E-state index in [1.165, 1.54) is 102 Å². The van der Waals surface area contributed by atoms with Gasteiger partial charge in [-0.2, -0.15) is 0 Å². The molecule has 50 heavy (non-hydrogen) atoms. The standard InChI is InChI=1S/C47H80O3/c1-10-11-12-13-14-15-16-17-18-19-20-21-22-23-24-33-44(48)49-45-40(6)41(7)46-43(42(45)8)34-36-47(9,50-46)35-27-32-39(5)31-26-30-38(4)29-25-28-37(2)3/h14-15,17-18,37-39H,10-13,16,19-36H2,1-9H3/t38-,39-,47-/m1/s1. The number of allylic oxidation sites excluding steroid dienone is 4. The fourth-order valence-corrected chi connectivity index (χ4v) is 7.66. The predicted octanol–water partition coefficient (Wildman–Crippen LogP) is 14.9. The van der Waals surface area contributed by atoms with Crippen LogP contribution in [0.15, 0.2) is 24.3 Å². The van der Waals surface area contributed by atoms with Crippen LogP contribution in [0.1, 0.15) is 205 Å². The van der Waals surface area contributed by atoms with E-state index in [1.807, 2.05) is 0 Å². The van der Waals surface area contributed by atoms with Crippen molar-refractivity contribution in [2.24, 2.45) is 17.8 Å². The Morgan fingerprint density at radius 1 is 0.720 bits per heavy atom. The summed E-state index contributed by atoms with van der Waals surface area (Å²) in [5.41, 5.74) is 4.38. The zero-order valence-electron chi connectivity index (χ0n) is 34.5. The van der Waals surface area contributed by atoms with Gasteiger partial charge in [-0.05, 0) is 126 Å². The van der Waals surface area contributed by atoms with E-state index in [9.17, 15) is 4.79 Å². The highest BCUT2D eigenvalue weighted by molar-refractivity contribution is 5.74. The first-order valence-corrected chi connectivity index (χ1v) is 21.3. The highest BCUT2D eigenvalue weighted by Crippen LogP contribution is 2.45. The van der Waals surface area contributed by atoms with E-state index >= 15 is 0 Å². The first-order chi connectivity index (χ1) is 24.0. The van der Waals surface area contributed by atoms with Gasteiger partial charge in [0.25, 0.3) is 0 Å². The average Bonchev–Trinajstić information content (AvgIpc) is 3.07. The Hall–Kier alpha value is -2.03. The maximum Gasteiger partial charge on any atom is 0.311 e. The molecule has 3 atom stereocenters. The van der Waals surface area contributed by atoms with E-state index in [0.29, 0.717) is 6.42 Å². The lowest BCUT2D eigenvalue weighted by Gasteiger charge is -2.38. The number of unbranched alkanes of at least 4 members (excludes halogenated alkanes) is 8. The normalized spacial score (nSPS) is 17.4. The van der Waals surface area contributed by atoms with Crippen LogP contribution in [0.3, 0.4) is 0 Å². The molecule has 0 bridgehead atoms. The van der Waals surface area contributed by atoms with Crippen molar-refractivity contribution in [1.29, 1.82) is 0 Å². The maximum absolute atomic E-state index is 12.9. The Balaban J connectivity index is 1.70. The molecule has 0 fully saturated rings. The van der Waals surface area contributed by atoms with Crippen LogP contribution in [-0.4, -0.2) is 11.6 Å². The molecule has 3 heteroatoms. The van der Waals surface area contributed by atoms with Gasteiger partial charge in [0.05, 0.1) is 0 Å². The summed E-state index contributed by atoms with van der Waals surface area (Å²) in [4.78, 5) is 12.9. The highest BCUT2D eigenvalue weighted by Gasteiger charge is 2.34. The molecule has 1 aromatic carbocycles. The molecule has 1 aliphatic rings. The van der Waals surface area contributed by atoms with Crippen molar-refractivity contribution in [3.63, 3.8) is 0 Å². The molecule has 0 spiro atoms. The van der Waals surface area contributed by atoms with Crippen molar-refractivity contribution in [1.82, 2.24) is 0 Å². The topological polar surface area (TPSA) is 35.5 Å². The van der Waals surface area contributed by atoms with Gasteiger partial charge < -0.3 is 9.47 Å². The maximum atomic E-state index is 12.9. The summed E-state index contributed by atoms with van der Waals surface area (Å²) in [5.74, 6) is 4.19. The molecule has 0 aromatic heterocycles. The summed E-state index contributed by atoms with van der Waals surface area (Å²) in [6.07, 6.45) is 36.6. The Labute approximate surface area is 310 Å². The van der Waals surface area contributed by atoms with Crippen LogP contribution in [0.5, 0.6) is 11.5 Å². The van der Waals surface area contributed by atoms with E-state index < -0.39 is 0 Å². The van der Waals surface area contributed by atoms with Crippen LogP contribution in [0.25, 0.3) is 0 Å². The third-order valence-corrected chi connectivity index (χ3v) is 11.4. The lowest BCUT2D eigenvalue weighted by atomic mass is 9.83. The van der Waals surface area contributed by atoms with Crippen molar-refractivity contribution in [3.05, 3.63) is 46.6 Å². The zero-order chi connectivity index (χ0) is 36.8. The second kappa shape index (κ2) is 25.0. The minimum atomic E-state index is -0.124. The zero-order valence-corrected chi connectivity index (χ0v) is 34.5. The van der Waals surface area contributed by atoms with Gasteiger partial charge in [0.1, 0.15) is 17.1 Å². The van der Waals surface area contributed by atoms with E-state index in [1.54, 1.807) is 0 Å². The van der Waals surface area contributed by atoms with Gasteiger partial charge >= 0.3 is 5.97 Å². The third kappa shape index (κ3) is 17.5. The van der Waals surface area contributed by atoms with Crippen LogP contribution in [0, 0.1) is 38.5 Å². The Morgan fingerprint density at radius 2 is 1.30 bits per heavy atom. The molecule has 0 saturated carbocycles. The first-order valence-electron chi connectivity index (χ1n) is 21.3. The number of ether oxygens (including phenoxy) is 2. The van der Waals surface area contributed by atoms with Crippen molar-refractivity contribution < 1.29 is 14.3 Å². The molecule has 286 valence electrons. The lowest BCUT2D eigenvalue weighted by molar-refractivity contribution is -0.134. The number of hydrogen-bond acceptors (Lipinski definition) is 3. The second-order valence-corrected chi connectivity index (χ2v) is 16.9. The Morgan fingerprint density at radius 3 is 1.94 bits per heavy atom. The number of esters is 1. The fourth-order valence-electron chi connectivity index (χ4n) is 7.66. The smallest absolute Gasteiger partial charge is 0.311 e. The van der Waals surface area contributed by atoms with Gasteiger partial charge in [-0.15, -0.1) is 0 Å². The largest absolute Gasteiger partial charge is 0.487 e. The number of rotatable bonds is 27. The Bertz CT molecular complexity index is 1140. The summed E-state index contributed by atoms with van der Waals surface area (Å²) >= 11 is 0. The number of carbonyl (C=O) groups is 1. The van der Waals surface area contributed by atoms with Crippen LogP contribution >= 0.6 is 0 Å². The molecule has 2 rings (SSSR count). The minimum absolute atomic E-state index is 0.0995. The van der Waals surface area contributed by atoms with Crippen LogP contribution < -0.4 is 9.47 Å². The molecular formula is C47H80O3. The fraction of sp³-hybridized carbons (Fsp3) is 0.766. The predicted molar refractivity (Wildman–Crippen MR) is 218 cm³/mol. The molecule has 1 aliphatic heterocycles. The molecular weight excluding hydrogens is 613 g/mol. The highest BCUT2D eigenvalue weighted by atomic mass is 16.5. The lowest BCUT2D eigenvalue weighted by Crippen LogP contribution is -2.37. The second-order valence-electron chi connectivity index (χ2n) is 16.9. The number of carbonyl (C=O) groups excluding carboxylic acids is 1. The minimum Gasteiger partial charge on any atom is -0.487 e. The van der Waals surface area contributed by atoms with Gasteiger partial charge in [0.15, 0.2) is 0 Å². The third-order valence-electron chi connectivity index (χ3n) is 11.4. The van der Waals surface area contributed by atoms with E-state index in [-0.39, 0.29) is 11.6 Å².